The van der Waals surface area contributed by atoms with E-state index in [1.54, 1.807) is 7.11 Å². The van der Waals surface area contributed by atoms with Crippen molar-refractivity contribution < 1.29 is 4.74 Å². The Balaban J connectivity index is 2.39. The molecule has 2 aromatic rings. The van der Waals surface area contributed by atoms with Gasteiger partial charge in [0.15, 0.2) is 0 Å². The van der Waals surface area contributed by atoms with E-state index >= 15 is 0 Å². The average Bonchev–Trinajstić information content (AvgIpc) is 2.45. The van der Waals surface area contributed by atoms with Crippen molar-refractivity contribution >= 4 is 39.9 Å². The van der Waals surface area contributed by atoms with Crippen LogP contribution in [0, 0.1) is 4.64 Å². The summed E-state index contributed by atoms with van der Waals surface area (Å²) in [5, 5.41) is 0. The van der Waals surface area contributed by atoms with Gasteiger partial charge in [0.1, 0.15) is 10.5 Å². The van der Waals surface area contributed by atoms with Crippen LogP contribution in [0.25, 0.3) is 11.4 Å². The number of halogens is 1. The quantitative estimate of drug-likeness (QED) is 0.604. The number of nitrogens with zero attached hydrogens (tertiary/aromatic N) is 1. The van der Waals surface area contributed by atoms with Gasteiger partial charge in [0.05, 0.1) is 16.8 Å². The number of nitrogens with one attached hydrogen (secondary N) is 1. The van der Waals surface area contributed by atoms with Gasteiger partial charge in [0.25, 0.3) is 0 Å². The van der Waals surface area contributed by atoms with Crippen molar-refractivity contribution in [2.45, 2.75) is 18.4 Å². The van der Waals surface area contributed by atoms with Crippen molar-refractivity contribution in [1.29, 1.82) is 0 Å². The molecule has 1 heterocycles. The molecule has 0 saturated heterocycles. The van der Waals surface area contributed by atoms with Crippen LogP contribution in [0.2, 0.25) is 0 Å². The second kappa shape index (κ2) is 7.36. The van der Waals surface area contributed by atoms with Crippen LogP contribution in [0.15, 0.2) is 33.6 Å². The molecule has 1 N–H and O–H groups in total. The molecular weight excluding hydrogens is 356 g/mol. The van der Waals surface area contributed by atoms with Gasteiger partial charge in [-0.2, -0.15) is 0 Å². The number of hydrogen-bond acceptors (Lipinski definition) is 4. The Morgan fingerprint density at radius 1 is 1.35 bits per heavy atom. The van der Waals surface area contributed by atoms with Gasteiger partial charge in [-0.05, 0) is 33.8 Å². The molecule has 2 rings (SSSR count). The summed E-state index contributed by atoms with van der Waals surface area (Å²) in [5.41, 5.74) is 1.91. The van der Waals surface area contributed by atoms with Crippen LogP contribution in [0.4, 0.5) is 0 Å². The monoisotopic (exact) mass is 370 g/mol. The van der Waals surface area contributed by atoms with Crippen molar-refractivity contribution in [3.05, 3.63) is 39.1 Å². The maximum Gasteiger partial charge on any atom is 0.144 e. The molecule has 0 fully saturated rings. The van der Waals surface area contributed by atoms with Crippen molar-refractivity contribution in [2.75, 3.05) is 12.9 Å². The average molecular weight is 371 g/mol. The maximum atomic E-state index is 5.27. The van der Waals surface area contributed by atoms with Crippen LogP contribution in [-0.4, -0.2) is 22.8 Å². The van der Waals surface area contributed by atoms with E-state index in [2.05, 4.69) is 57.1 Å². The van der Waals surface area contributed by atoms with Gasteiger partial charge in [-0.15, -0.1) is 11.8 Å². The standard InChI is InChI=1S/C14H15BrN2OS2/c1-3-20-10-6-4-9(5-7-10)13-16-11(8-18-2)12(15)14(19)17-13/h4-7H,3,8H2,1-2H3,(H,16,17,19). The fourth-order valence-electron chi connectivity index (χ4n) is 1.76. The first-order valence-corrected chi connectivity index (χ1v) is 8.35. The summed E-state index contributed by atoms with van der Waals surface area (Å²) in [6, 6.07) is 8.30. The number of benzene rings is 1. The second-order valence-corrected chi connectivity index (χ2v) is 6.59. The normalized spacial score (nSPS) is 10.8. The molecule has 106 valence electrons. The van der Waals surface area contributed by atoms with Gasteiger partial charge in [-0.1, -0.05) is 31.3 Å². The third-order valence-corrected chi connectivity index (χ3v) is 4.97. The highest BCUT2D eigenvalue weighted by Crippen LogP contribution is 2.24. The van der Waals surface area contributed by atoms with E-state index in [-0.39, 0.29) is 0 Å². The number of rotatable bonds is 5. The van der Waals surface area contributed by atoms with Crippen LogP contribution in [0.1, 0.15) is 12.6 Å². The number of ether oxygens (including phenoxy) is 1. The molecule has 0 aliphatic rings. The number of H-pyrrole nitrogens is 1. The number of aromatic nitrogens is 2. The summed E-state index contributed by atoms with van der Waals surface area (Å²) in [7, 11) is 1.65. The molecule has 0 amide bonds. The van der Waals surface area contributed by atoms with Crippen molar-refractivity contribution in [1.82, 2.24) is 9.97 Å². The van der Waals surface area contributed by atoms with Crippen LogP contribution in [0.3, 0.4) is 0 Å². The Labute approximate surface area is 136 Å². The van der Waals surface area contributed by atoms with E-state index in [0.717, 1.165) is 27.3 Å². The number of thioether (sulfide) groups is 1. The largest absolute Gasteiger partial charge is 0.378 e. The molecule has 1 aromatic carbocycles. The van der Waals surface area contributed by atoms with E-state index < -0.39 is 0 Å². The molecule has 0 bridgehead atoms. The predicted octanol–water partition coefficient (Wildman–Crippen LogP) is 4.83. The van der Waals surface area contributed by atoms with Crippen LogP contribution >= 0.6 is 39.9 Å². The van der Waals surface area contributed by atoms with Gasteiger partial charge in [-0.3, -0.25) is 0 Å². The second-order valence-electron chi connectivity index (χ2n) is 4.07. The SMILES string of the molecule is CCSc1ccc(-c2nc(=S)c(Br)c(COC)[nH]2)cc1. The summed E-state index contributed by atoms with van der Waals surface area (Å²) < 4.78 is 6.49. The first-order valence-electron chi connectivity index (χ1n) is 6.16. The molecule has 0 saturated carbocycles. The van der Waals surface area contributed by atoms with Crippen LogP contribution in [-0.2, 0) is 11.3 Å². The molecular formula is C14H15BrN2OS2. The summed E-state index contributed by atoms with van der Waals surface area (Å²) in [6.07, 6.45) is 0. The summed E-state index contributed by atoms with van der Waals surface area (Å²) in [4.78, 5) is 8.93. The molecule has 1 aromatic heterocycles. The Bertz CT molecular complexity index is 641. The van der Waals surface area contributed by atoms with E-state index in [1.807, 2.05) is 11.8 Å². The minimum atomic E-state index is 0.462. The zero-order valence-electron chi connectivity index (χ0n) is 11.3. The molecule has 0 radical (unpaired) electrons. The lowest BCUT2D eigenvalue weighted by atomic mass is 10.2. The van der Waals surface area contributed by atoms with Crippen molar-refractivity contribution in [3.8, 4) is 11.4 Å². The molecule has 0 aliphatic carbocycles. The van der Waals surface area contributed by atoms with Gasteiger partial charge < -0.3 is 9.72 Å². The lowest BCUT2D eigenvalue weighted by Crippen LogP contribution is -1.99. The van der Waals surface area contributed by atoms with Gasteiger partial charge >= 0.3 is 0 Å². The Morgan fingerprint density at radius 3 is 2.65 bits per heavy atom. The van der Waals surface area contributed by atoms with E-state index in [4.69, 9.17) is 17.0 Å². The maximum absolute atomic E-state index is 5.27. The zero-order valence-corrected chi connectivity index (χ0v) is 14.5. The lowest BCUT2D eigenvalue weighted by molar-refractivity contribution is 0.181. The van der Waals surface area contributed by atoms with Crippen LogP contribution in [0.5, 0.6) is 0 Å². The fraction of sp³-hybridized carbons (Fsp3) is 0.286. The lowest BCUT2D eigenvalue weighted by Gasteiger charge is -2.08. The number of hydrogen-bond donors (Lipinski definition) is 1. The highest BCUT2D eigenvalue weighted by Gasteiger charge is 2.08. The Kier molecular flexibility index (Phi) is 5.77. The number of methoxy groups -OCH3 is 1. The summed E-state index contributed by atoms with van der Waals surface area (Å²) in [5.74, 6) is 1.83. The Hall–Kier alpha value is -0.690. The molecule has 20 heavy (non-hydrogen) atoms. The minimum absolute atomic E-state index is 0.462. The Morgan fingerprint density at radius 2 is 2.05 bits per heavy atom. The van der Waals surface area contributed by atoms with E-state index in [9.17, 15) is 0 Å². The first-order chi connectivity index (χ1) is 9.65. The van der Waals surface area contributed by atoms with E-state index in [0.29, 0.717) is 11.2 Å². The van der Waals surface area contributed by atoms with Gasteiger partial charge in [0, 0.05) is 17.6 Å². The third-order valence-electron chi connectivity index (χ3n) is 2.66. The molecule has 6 heteroatoms. The highest BCUT2D eigenvalue weighted by molar-refractivity contribution is 9.10. The number of aromatic amines is 1. The van der Waals surface area contributed by atoms with Crippen molar-refractivity contribution in [3.63, 3.8) is 0 Å². The molecule has 3 nitrogen and oxygen atoms in total. The third kappa shape index (κ3) is 3.69. The molecule has 0 unspecified atom stereocenters. The smallest absolute Gasteiger partial charge is 0.144 e. The topological polar surface area (TPSA) is 37.9 Å². The minimum Gasteiger partial charge on any atom is -0.378 e. The van der Waals surface area contributed by atoms with Crippen LogP contribution < -0.4 is 0 Å². The highest BCUT2D eigenvalue weighted by atomic mass is 79.9. The molecule has 0 aliphatic heterocycles. The predicted molar refractivity (Wildman–Crippen MR) is 89.7 cm³/mol. The summed E-state index contributed by atoms with van der Waals surface area (Å²) >= 11 is 10.5. The van der Waals surface area contributed by atoms with Gasteiger partial charge in [0.2, 0.25) is 0 Å². The fourth-order valence-corrected chi connectivity index (χ4v) is 2.94. The van der Waals surface area contributed by atoms with Crippen molar-refractivity contribution in [2.24, 2.45) is 0 Å². The zero-order chi connectivity index (χ0) is 14.5. The molecule has 0 spiro atoms. The first kappa shape index (κ1) is 15.7. The summed E-state index contributed by atoms with van der Waals surface area (Å²) in [6.45, 7) is 2.60. The van der Waals surface area contributed by atoms with Gasteiger partial charge in [-0.25, -0.2) is 4.98 Å². The molecule has 0 atom stereocenters. The van der Waals surface area contributed by atoms with E-state index in [1.165, 1.54) is 4.90 Å².